The number of carbonyl (C=O) groups is 1. The quantitative estimate of drug-likeness (QED) is 0.849. The van der Waals surface area contributed by atoms with Crippen molar-refractivity contribution in [3.05, 3.63) is 35.4 Å². The number of alkyl halides is 1. The maximum absolute atomic E-state index is 11.8. The van der Waals surface area contributed by atoms with Crippen molar-refractivity contribution in [1.82, 2.24) is 5.32 Å². The third-order valence-electron chi connectivity index (χ3n) is 3.47. The Morgan fingerprint density at radius 2 is 1.88 bits per heavy atom. The summed E-state index contributed by atoms with van der Waals surface area (Å²) in [7, 11) is 0. The second kappa shape index (κ2) is 4.81. The SMILES string of the molecule is CC1(C)CC1C(=O)NCc1ccc(CBr)cc1. The van der Waals surface area contributed by atoms with Crippen LogP contribution in [0.2, 0.25) is 0 Å². The average molecular weight is 296 g/mol. The van der Waals surface area contributed by atoms with E-state index in [1.165, 1.54) is 5.56 Å². The number of rotatable bonds is 4. The van der Waals surface area contributed by atoms with Gasteiger partial charge in [-0.3, -0.25) is 4.79 Å². The maximum atomic E-state index is 11.8. The molecule has 0 spiro atoms. The zero-order valence-electron chi connectivity index (χ0n) is 10.3. The van der Waals surface area contributed by atoms with Gasteiger partial charge in [-0.05, 0) is 23.0 Å². The fourth-order valence-corrected chi connectivity index (χ4v) is 2.35. The molecule has 1 saturated carbocycles. The molecule has 1 unspecified atom stereocenters. The first kappa shape index (κ1) is 12.6. The van der Waals surface area contributed by atoms with Gasteiger partial charge >= 0.3 is 0 Å². The lowest BCUT2D eigenvalue weighted by Crippen LogP contribution is -2.25. The number of benzene rings is 1. The Hall–Kier alpha value is -0.830. The van der Waals surface area contributed by atoms with Gasteiger partial charge in [0.05, 0.1) is 0 Å². The molecule has 0 bridgehead atoms. The molecule has 3 heteroatoms. The molecule has 92 valence electrons. The van der Waals surface area contributed by atoms with Crippen LogP contribution in [0.1, 0.15) is 31.4 Å². The topological polar surface area (TPSA) is 29.1 Å². The Morgan fingerprint density at radius 1 is 1.35 bits per heavy atom. The monoisotopic (exact) mass is 295 g/mol. The van der Waals surface area contributed by atoms with Gasteiger partial charge in [-0.1, -0.05) is 54.0 Å². The van der Waals surface area contributed by atoms with E-state index in [0.717, 1.165) is 17.3 Å². The molecule has 17 heavy (non-hydrogen) atoms. The predicted molar refractivity (Wildman–Crippen MR) is 72.8 cm³/mol. The molecule has 0 saturated heterocycles. The second-order valence-electron chi connectivity index (χ2n) is 5.41. The molecule has 2 nitrogen and oxygen atoms in total. The van der Waals surface area contributed by atoms with Gasteiger partial charge in [0.25, 0.3) is 0 Å². The van der Waals surface area contributed by atoms with E-state index in [2.05, 4.69) is 59.4 Å². The van der Waals surface area contributed by atoms with Crippen molar-refractivity contribution in [2.24, 2.45) is 11.3 Å². The van der Waals surface area contributed by atoms with E-state index >= 15 is 0 Å². The van der Waals surface area contributed by atoms with Crippen molar-refractivity contribution in [3.8, 4) is 0 Å². The normalized spacial score (nSPS) is 21.0. The molecule has 1 fully saturated rings. The van der Waals surface area contributed by atoms with Crippen LogP contribution in [0.25, 0.3) is 0 Å². The highest BCUT2D eigenvalue weighted by Crippen LogP contribution is 2.51. The fourth-order valence-electron chi connectivity index (χ4n) is 1.97. The van der Waals surface area contributed by atoms with E-state index in [0.29, 0.717) is 6.54 Å². The third kappa shape index (κ3) is 3.09. The second-order valence-corrected chi connectivity index (χ2v) is 5.97. The number of carbonyl (C=O) groups excluding carboxylic acids is 1. The summed E-state index contributed by atoms with van der Waals surface area (Å²) in [6.45, 7) is 4.91. The summed E-state index contributed by atoms with van der Waals surface area (Å²) in [6.07, 6.45) is 1.02. The highest BCUT2D eigenvalue weighted by atomic mass is 79.9. The molecule has 0 aromatic heterocycles. The lowest BCUT2D eigenvalue weighted by Gasteiger charge is -2.07. The van der Waals surface area contributed by atoms with E-state index in [9.17, 15) is 4.79 Å². The van der Waals surface area contributed by atoms with E-state index < -0.39 is 0 Å². The fraction of sp³-hybridized carbons (Fsp3) is 0.500. The average Bonchev–Trinajstić information content (AvgIpc) is 2.96. The van der Waals surface area contributed by atoms with E-state index in [1.807, 2.05) is 0 Å². The van der Waals surface area contributed by atoms with Gasteiger partial charge < -0.3 is 5.32 Å². The molecule has 1 amide bonds. The molecule has 0 radical (unpaired) electrons. The van der Waals surface area contributed by atoms with E-state index in [-0.39, 0.29) is 17.2 Å². The van der Waals surface area contributed by atoms with Crippen molar-refractivity contribution >= 4 is 21.8 Å². The molecule has 2 rings (SSSR count). The van der Waals surface area contributed by atoms with Gasteiger partial charge in [0, 0.05) is 17.8 Å². The van der Waals surface area contributed by atoms with Crippen LogP contribution in [-0.2, 0) is 16.7 Å². The molecule has 1 atom stereocenters. The van der Waals surface area contributed by atoms with Crippen molar-refractivity contribution in [2.75, 3.05) is 0 Å². The van der Waals surface area contributed by atoms with E-state index in [4.69, 9.17) is 0 Å². The smallest absolute Gasteiger partial charge is 0.223 e. The maximum Gasteiger partial charge on any atom is 0.223 e. The minimum atomic E-state index is 0.194. The van der Waals surface area contributed by atoms with Gasteiger partial charge in [0.1, 0.15) is 0 Å². The molecule has 1 N–H and O–H groups in total. The highest BCUT2D eigenvalue weighted by Gasteiger charge is 2.50. The van der Waals surface area contributed by atoms with Gasteiger partial charge in [-0.25, -0.2) is 0 Å². The summed E-state index contributed by atoms with van der Waals surface area (Å²) >= 11 is 3.41. The zero-order valence-corrected chi connectivity index (χ0v) is 11.9. The molecule has 1 aliphatic rings. The van der Waals surface area contributed by atoms with E-state index in [1.54, 1.807) is 0 Å². The van der Waals surface area contributed by atoms with Crippen LogP contribution in [0.4, 0.5) is 0 Å². The molecule has 1 aliphatic carbocycles. The number of amides is 1. The van der Waals surface area contributed by atoms with Crippen molar-refractivity contribution in [2.45, 2.75) is 32.1 Å². The van der Waals surface area contributed by atoms with Gasteiger partial charge in [0.2, 0.25) is 5.91 Å². The first-order valence-electron chi connectivity index (χ1n) is 5.94. The summed E-state index contributed by atoms with van der Waals surface area (Å²) in [5.74, 6) is 0.406. The minimum absolute atomic E-state index is 0.194. The Kier molecular flexibility index (Phi) is 3.57. The lowest BCUT2D eigenvalue weighted by atomic mass is 10.1. The minimum Gasteiger partial charge on any atom is -0.352 e. The molecule has 1 aromatic rings. The Balaban J connectivity index is 1.83. The zero-order chi connectivity index (χ0) is 12.5. The van der Waals surface area contributed by atoms with Crippen molar-refractivity contribution < 1.29 is 4.79 Å². The van der Waals surface area contributed by atoms with Crippen LogP contribution in [0.5, 0.6) is 0 Å². The first-order chi connectivity index (χ1) is 8.03. The third-order valence-corrected chi connectivity index (χ3v) is 4.12. The highest BCUT2D eigenvalue weighted by molar-refractivity contribution is 9.08. The standard InChI is InChI=1S/C14H18BrNO/c1-14(2)7-12(14)13(17)16-9-11-5-3-10(8-15)4-6-11/h3-6,12H,7-9H2,1-2H3,(H,16,17). The van der Waals surface area contributed by atoms with Crippen LogP contribution in [0.3, 0.4) is 0 Å². The van der Waals surface area contributed by atoms with Crippen LogP contribution in [0.15, 0.2) is 24.3 Å². The van der Waals surface area contributed by atoms with Crippen molar-refractivity contribution in [3.63, 3.8) is 0 Å². The summed E-state index contributed by atoms with van der Waals surface area (Å²) in [5, 5.41) is 3.87. The first-order valence-corrected chi connectivity index (χ1v) is 7.06. The van der Waals surface area contributed by atoms with Crippen LogP contribution >= 0.6 is 15.9 Å². The van der Waals surface area contributed by atoms with Gasteiger partial charge in [0.15, 0.2) is 0 Å². The molecular formula is C14H18BrNO. The molecular weight excluding hydrogens is 278 g/mol. The van der Waals surface area contributed by atoms with Crippen LogP contribution < -0.4 is 5.32 Å². The largest absolute Gasteiger partial charge is 0.352 e. The number of hydrogen-bond acceptors (Lipinski definition) is 1. The van der Waals surface area contributed by atoms with Crippen LogP contribution in [-0.4, -0.2) is 5.91 Å². The predicted octanol–water partition coefficient (Wildman–Crippen LogP) is 3.24. The molecule has 0 aliphatic heterocycles. The summed E-state index contributed by atoms with van der Waals surface area (Å²) in [5.41, 5.74) is 2.62. The van der Waals surface area contributed by atoms with Crippen LogP contribution in [0, 0.1) is 11.3 Å². The Labute approximate surface area is 111 Å². The number of hydrogen-bond donors (Lipinski definition) is 1. The summed E-state index contributed by atoms with van der Waals surface area (Å²) in [4.78, 5) is 11.8. The molecule has 0 heterocycles. The van der Waals surface area contributed by atoms with Gasteiger partial charge in [-0.2, -0.15) is 0 Å². The number of nitrogens with one attached hydrogen (secondary N) is 1. The summed E-state index contributed by atoms with van der Waals surface area (Å²) < 4.78 is 0. The molecule has 1 aromatic carbocycles. The number of halogens is 1. The Bertz CT molecular complexity index is 411. The van der Waals surface area contributed by atoms with Gasteiger partial charge in [-0.15, -0.1) is 0 Å². The Morgan fingerprint density at radius 3 is 2.35 bits per heavy atom. The van der Waals surface area contributed by atoms with Crippen molar-refractivity contribution in [1.29, 1.82) is 0 Å². The summed E-state index contributed by atoms with van der Waals surface area (Å²) in [6, 6.07) is 8.29. The lowest BCUT2D eigenvalue weighted by molar-refractivity contribution is -0.123.